The maximum absolute atomic E-state index is 13.4. The van der Waals surface area contributed by atoms with E-state index < -0.39 is 27.6 Å². The van der Waals surface area contributed by atoms with Crippen molar-refractivity contribution in [2.24, 2.45) is 0 Å². The Hall–Kier alpha value is -2.58. The van der Waals surface area contributed by atoms with Crippen LogP contribution < -0.4 is 10.0 Å². The van der Waals surface area contributed by atoms with Crippen LogP contribution in [0.25, 0.3) is 6.08 Å². The van der Waals surface area contributed by atoms with Crippen molar-refractivity contribution >= 4 is 22.0 Å². The SMILES string of the molecule is O=C(/C=C/c1c(F)cccc1F)NCCS(=O)(=O)NCc1ccccc1. The van der Waals surface area contributed by atoms with Gasteiger partial charge < -0.3 is 5.32 Å². The molecule has 8 heteroatoms. The van der Waals surface area contributed by atoms with E-state index in [-0.39, 0.29) is 24.4 Å². The van der Waals surface area contributed by atoms with Gasteiger partial charge in [-0.05, 0) is 23.8 Å². The lowest BCUT2D eigenvalue weighted by molar-refractivity contribution is -0.116. The molecule has 0 saturated heterocycles. The molecule has 0 bridgehead atoms. The number of hydrogen-bond donors (Lipinski definition) is 2. The van der Waals surface area contributed by atoms with Gasteiger partial charge in [0.05, 0.1) is 5.75 Å². The molecule has 2 rings (SSSR count). The standard InChI is InChI=1S/C18H18F2N2O3S/c19-16-7-4-8-17(20)15(16)9-10-18(23)21-11-12-26(24,25)22-13-14-5-2-1-3-6-14/h1-10,22H,11-13H2,(H,21,23)/b10-9+. The molecular formula is C18H18F2N2O3S. The van der Waals surface area contributed by atoms with Crippen LogP contribution in [0, 0.1) is 11.6 Å². The predicted molar refractivity (Wildman–Crippen MR) is 95.5 cm³/mol. The number of benzene rings is 2. The summed E-state index contributed by atoms with van der Waals surface area (Å²) < 4.78 is 53.0. The second-order valence-electron chi connectivity index (χ2n) is 5.39. The van der Waals surface area contributed by atoms with E-state index in [1.54, 1.807) is 24.3 Å². The van der Waals surface area contributed by atoms with Gasteiger partial charge in [0.1, 0.15) is 11.6 Å². The number of carbonyl (C=O) groups is 1. The fourth-order valence-corrected chi connectivity index (χ4v) is 2.96. The van der Waals surface area contributed by atoms with E-state index in [0.717, 1.165) is 29.8 Å². The Morgan fingerprint density at radius 3 is 2.31 bits per heavy atom. The minimum Gasteiger partial charge on any atom is -0.351 e. The summed E-state index contributed by atoms with van der Waals surface area (Å²) in [5.74, 6) is -2.54. The number of hydrogen-bond acceptors (Lipinski definition) is 3. The Kier molecular flexibility index (Phi) is 6.99. The van der Waals surface area contributed by atoms with Crippen LogP contribution in [0.5, 0.6) is 0 Å². The molecule has 0 heterocycles. The monoisotopic (exact) mass is 380 g/mol. The lowest BCUT2D eigenvalue weighted by atomic mass is 10.2. The third kappa shape index (κ3) is 6.38. The van der Waals surface area contributed by atoms with E-state index in [4.69, 9.17) is 0 Å². The summed E-state index contributed by atoms with van der Waals surface area (Å²) >= 11 is 0. The summed E-state index contributed by atoms with van der Waals surface area (Å²) in [5, 5.41) is 2.36. The lowest BCUT2D eigenvalue weighted by Crippen LogP contribution is -2.33. The molecule has 0 spiro atoms. The van der Waals surface area contributed by atoms with Gasteiger partial charge in [0.2, 0.25) is 15.9 Å². The molecule has 5 nitrogen and oxygen atoms in total. The van der Waals surface area contributed by atoms with E-state index in [2.05, 4.69) is 10.0 Å². The van der Waals surface area contributed by atoms with Crippen molar-refractivity contribution < 1.29 is 22.0 Å². The van der Waals surface area contributed by atoms with Crippen molar-refractivity contribution in [3.05, 3.63) is 77.4 Å². The summed E-state index contributed by atoms with van der Waals surface area (Å²) in [6.45, 7) is 0.0244. The molecule has 0 saturated carbocycles. The Balaban J connectivity index is 1.79. The first-order valence-corrected chi connectivity index (χ1v) is 9.44. The van der Waals surface area contributed by atoms with E-state index in [1.807, 2.05) is 6.07 Å². The van der Waals surface area contributed by atoms with E-state index in [1.165, 1.54) is 6.07 Å². The molecule has 2 N–H and O–H groups in total. The molecular weight excluding hydrogens is 362 g/mol. The van der Waals surface area contributed by atoms with Crippen molar-refractivity contribution in [3.8, 4) is 0 Å². The smallest absolute Gasteiger partial charge is 0.244 e. The minimum absolute atomic E-state index is 0.132. The fourth-order valence-electron chi connectivity index (χ4n) is 2.06. The second-order valence-corrected chi connectivity index (χ2v) is 7.31. The van der Waals surface area contributed by atoms with Crippen LogP contribution in [0.4, 0.5) is 8.78 Å². The molecule has 0 aliphatic carbocycles. The molecule has 0 radical (unpaired) electrons. The highest BCUT2D eigenvalue weighted by Crippen LogP contribution is 2.13. The first-order chi connectivity index (χ1) is 12.4. The van der Waals surface area contributed by atoms with E-state index >= 15 is 0 Å². The first kappa shape index (κ1) is 19.7. The number of sulfonamides is 1. The van der Waals surface area contributed by atoms with Crippen molar-refractivity contribution in [2.75, 3.05) is 12.3 Å². The molecule has 0 aromatic heterocycles. The third-order valence-electron chi connectivity index (χ3n) is 3.41. The van der Waals surface area contributed by atoms with Crippen LogP contribution in [0.1, 0.15) is 11.1 Å². The van der Waals surface area contributed by atoms with Gasteiger partial charge in [-0.25, -0.2) is 21.9 Å². The summed E-state index contributed by atoms with van der Waals surface area (Å²) in [7, 11) is -3.56. The summed E-state index contributed by atoms with van der Waals surface area (Å²) in [4.78, 5) is 11.6. The zero-order valence-electron chi connectivity index (χ0n) is 13.8. The molecule has 0 fully saturated rings. The van der Waals surface area contributed by atoms with Crippen LogP contribution in [0.3, 0.4) is 0 Å². The van der Waals surface area contributed by atoms with Gasteiger partial charge in [0.15, 0.2) is 0 Å². The van der Waals surface area contributed by atoms with Crippen LogP contribution >= 0.6 is 0 Å². The first-order valence-electron chi connectivity index (χ1n) is 7.78. The summed E-state index contributed by atoms with van der Waals surface area (Å²) in [6, 6.07) is 12.4. The van der Waals surface area contributed by atoms with Crippen molar-refractivity contribution in [1.82, 2.24) is 10.0 Å². The van der Waals surface area contributed by atoms with Gasteiger partial charge >= 0.3 is 0 Å². The Morgan fingerprint density at radius 2 is 1.65 bits per heavy atom. The fraction of sp³-hybridized carbons (Fsp3) is 0.167. The van der Waals surface area contributed by atoms with E-state index in [0.29, 0.717) is 0 Å². The Labute approximate surface area is 150 Å². The zero-order chi connectivity index (χ0) is 19.0. The summed E-state index contributed by atoms with van der Waals surface area (Å²) in [5.41, 5.74) is 0.481. The van der Waals surface area contributed by atoms with Crippen molar-refractivity contribution in [3.63, 3.8) is 0 Å². The molecule has 26 heavy (non-hydrogen) atoms. The van der Waals surface area contributed by atoms with Gasteiger partial charge in [-0.1, -0.05) is 36.4 Å². The Bertz CT molecular complexity index is 864. The maximum Gasteiger partial charge on any atom is 0.244 e. The predicted octanol–water partition coefficient (Wildman–Crippen LogP) is 2.21. The van der Waals surface area contributed by atoms with Crippen molar-refractivity contribution in [1.29, 1.82) is 0 Å². The lowest BCUT2D eigenvalue weighted by Gasteiger charge is -2.07. The second kappa shape index (κ2) is 9.21. The third-order valence-corrected chi connectivity index (χ3v) is 4.74. The van der Waals surface area contributed by atoms with Gasteiger partial charge in [0.25, 0.3) is 0 Å². The highest BCUT2D eigenvalue weighted by atomic mass is 32.2. The highest BCUT2D eigenvalue weighted by molar-refractivity contribution is 7.89. The molecule has 0 aliphatic heterocycles. The number of rotatable bonds is 8. The average Bonchev–Trinajstić information content (AvgIpc) is 2.60. The van der Waals surface area contributed by atoms with Crippen LogP contribution in [0.2, 0.25) is 0 Å². The van der Waals surface area contributed by atoms with Crippen molar-refractivity contribution in [2.45, 2.75) is 6.54 Å². The average molecular weight is 380 g/mol. The van der Waals surface area contributed by atoms with Gasteiger partial charge in [-0.15, -0.1) is 0 Å². The molecule has 1 amide bonds. The number of halogens is 2. The van der Waals surface area contributed by atoms with Gasteiger partial charge in [0, 0.05) is 24.7 Å². The Morgan fingerprint density at radius 1 is 1.00 bits per heavy atom. The van der Waals surface area contributed by atoms with Crippen LogP contribution in [0.15, 0.2) is 54.6 Å². The largest absolute Gasteiger partial charge is 0.351 e. The number of carbonyl (C=O) groups excluding carboxylic acids is 1. The molecule has 0 atom stereocenters. The maximum atomic E-state index is 13.4. The molecule has 2 aromatic carbocycles. The molecule has 138 valence electrons. The minimum atomic E-state index is -3.56. The topological polar surface area (TPSA) is 75.3 Å². The van der Waals surface area contributed by atoms with Crippen LogP contribution in [-0.2, 0) is 21.4 Å². The number of nitrogens with one attached hydrogen (secondary N) is 2. The molecule has 0 aliphatic rings. The molecule has 0 unspecified atom stereocenters. The van der Waals surface area contributed by atoms with Gasteiger partial charge in [-0.2, -0.15) is 0 Å². The zero-order valence-corrected chi connectivity index (χ0v) is 14.6. The molecule has 2 aromatic rings. The van der Waals surface area contributed by atoms with E-state index in [9.17, 15) is 22.0 Å². The quantitative estimate of drug-likeness (QED) is 0.690. The van der Waals surface area contributed by atoms with Crippen LogP contribution in [-0.4, -0.2) is 26.6 Å². The van der Waals surface area contributed by atoms with Gasteiger partial charge in [-0.3, -0.25) is 4.79 Å². The normalized spacial score (nSPS) is 11.6. The summed E-state index contributed by atoms with van der Waals surface area (Å²) in [6.07, 6.45) is 1.95. The number of amides is 1. The highest BCUT2D eigenvalue weighted by Gasteiger charge is 2.10.